The Kier molecular flexibility index (Phi) is 5.06. The first kappa shape index (κ1) is 15.3. The molecule has 0 aliphatic carbocycles. The number of anilines is 2. The van der Waals surface area contributed by atoms with Gasteiger partial charge in [0.05, 0.1) is 13.2 Å². The maximum atomic E-state index is 12.0. The summed E-state index contributed by atoms with van der Waals surface area (Å²) in [6.45, 7) is 3.42. The zero-order valence-corrected chi connectivity index (χ0v) is 12.9. The summed E-state index contributed by atoms with van der Waals surface area (Å²) in [7, 11) is 0. The maximum absolute atomic E-state index is 12.0. The molecule has 0 amide bonds. The van der Waals surface area contributed by atoms with Crippen LogP contribution in [0.1, 0.15) is 10.4 Å². The van der Waals surface area contributed by atoms with Crippen molar-refractivity contribution in [3.8, 4) is 0 Å². The number of allylic oxidation sites excluding steroid dienone is 1. The Morgan fingerprint density at radius 2 is 1.70 bits per heavy atom. The molecule has 3 rings (SSSR count). The Morgan fingerprint density at radius 3 is 2.39 bits per heavy atom. The van der Waals surface area contributed by atoms with Gasteiger partial charge >= 0.3 is 0 Å². The third-order valence-corrected chi connectivity index (χ3v) is 3.79. The highest BCUT2D eigenvalue weighted by molar-refractivity contribution is 6.04. The summed E-state index contributed by atoms with van der Waals surface area (Å²) in [6.07, 6.45) is 3.23. The van der Waals surface area contributed by atoms with Gasteiger partial charge < -0.3 is 15.0 Å². The van der Waals surface area contributed by atoms with Crippen molar-refractivity contribution in [1.29, 1.82) is 0 Å². The number of morpholine rings is 1. The van der Waals surface area contributed by atoms with Crippen LogP contribution < -0.4 is 10.2 Å². The number of carbonyl (C=O) groups excluding carboxylic acids is 1. The van der Waals surface area contributed by atoms with Crippen molar-refractivity contribution in [1.82, 2.24) is 0 Å². The lowest BCUT2D eigenvalue weighted by Crippen LogP contribution is -2.36. The van der Waals surface area contributed by atoms with E-state index in [0.29, 0.717) is 5.56 Å². The second kappa shape index (κ2) is 7.61. The SMILES string of the molecule is O=C(/C=C/Nc1ccc(N2CCOCC2)cc1)c1ccccc1. The van der Waals surface area contributed by atoms with Crippen molar-refractivity contribution >= 4 is 17.2 Å². The van der Waals surface area contributed by atoms with Crippen molar-refractivity contribution in [2.75, 3.05) is 36.5 Å². The minimum atomic E-state index is -0.0111. The predicted octanol–water partition coefficient (Wildman–Crippen LogP) is 3.33. The minimum Gasteiger partial charge on any atom is -0.378 e. The molecule has 1 aliphatic heterocycles. The van der Waals surface area contributed by atoms with E-state index in [1.807, 2.05) is 42.5 Å². The number of nitrogens with zero attached hydrogens (tertiary/aromatic N) is 1. The van der Waals surface area contributed by atoms with E-state index in [1.165, 1.54) is 5.69 Å². The lowest BCUT2D eigenvalue weighted by Gasteiger charge is -2.28. The quantitative estimate of drug-likeness (QED) is 0.679. The molecule has 0 spiro atoms. The summed E-state index contributed by atoms with van der Waals surface area (Å²) >= 11 is 0. The Morgan fingerprint density at radius 1 is 1.00 bits per heavy atom. The molecule has 1 heterocycles. The fourth-order valence-electron chi connectivity index (χ4n) is 2.50. The molecule has 1 N–H and O–H groups in total. The molecule has 0 bridgehead atoms. The van der Waals surface area contributed by atoms with Gasteiger partial charge in [0.2, 0.25) is 0 Å². The van der Waals surface area contributed by atoms with Gasteiger partial charge in [0.1, 0.15) is 0 Å². The average molecular weight is 308 g/mol. The Labute approximate surface area is 136 Å². The van der Waals surface area contributed by atoms with E-state index >= 15 is 0 Å². The molecule has 1 aliphatic rings. The third-order valence-electron chi connectivity index (χ3n) is 3.79. The molecular weight excluding hydrogens is 288 g/mol. The standard InChI is InChI=1S/C19H20N2O2/c22-19(16-4-2-1-3-5-16)10-11-20-17-6-8-18(9-7-17)21-12-14-23-15-13-21/h1-11,20H,12-15H2/b11-10+. The first-order valence-electron chi connectivity index (χ1n) is 7.78. The van der Waals surface area contributed by atoms with Crippen LogP contribution in [0.15, 0.2) is 66.9 Å². The zero-order valence-electron chi connectivity index (χ0n) is 12.9. The molecule has 1 saturated heterocycles. The van der Waals surface area contributed by atoms with Gasteiger partial charge in [0.15, 0.2) is 5.78 Å². The van der Waals surface area contributed by atoms with Gasteiger partial charge in [0, 0.05) is 42.3 Å². The van der Waals surface area contributed by atoms with Crippen molar-refractivity contribution in [2.24, 2.45) is 0 Å². The van der Waals surface area contributed by atoms with Crippen molar-refractivity contribution in [3.63, 3.8) is 0 Å². The van der Waals surface area contributed by atoms with Gasteiger partial charge in [-0.3, -0.25) is 4.79 Å². The zero-order chi connectivity index (χ0) is 15.9. The summed E-state index contributed by atoms with van der Waals surface area (Å²) < 4.78 is 5.36. The van der Waals surface area contributed by atoms with Crippen molar-refractivity contribution in [3.05, 3.63) is 72.4 Å². The number of ether oxygens (including phenoxy) is 1. The largest absolute Gasteiger partial charge is 0.378 e. The minimum absolute atomic E-state index is 0.0111. The smallest absolute Gasteiger partial charge is 0.187 e. The van der Waals surface area contributed by atoms with Crippen LogP contribution in [0.4, 0.5) is 11.4 Å². The van der Waals surface area contributed by atoms with Crippen LogP contribution >= 0.6 is 0 Å². The predicted molar refractivity (Wildman–Crippen MR) is 93.0 cm³/mol. The van der Waals surface area contributed by atoms with Crippen molar-refractivity contribution < 1.29 is 9.53 Å². The Balaban J connectivity index is 1.56. The summed E-state index contributed by atoms with van der Waals surface area (Å²) in [6, 6.07) is 17.4. The van der Waals surface area contributed by atoms with Gasteiger partial charge in [-0.2, -0.15) is 0 Å². The summed E-state index contributed by atoms with van der Waals surface area (Å²) in [5.41, 5.74) is 2.84. The number of nitrogens with one attached hydrogen (secondary N) is 1. The van der Waals surface area contributed by atoms with Gasteiger partial charge in [-0.05, 0) is 24.3 Å². The highest BCUT2D eigenvalue weighted by Crippen LogP contribution is 2.19. The maximum Gasteiger partial charge on any atom is 0.187 e. The average Bonchev–Trinajstić information content (AvgIpc) is 2.64. The van der Waals surface area contributed by atoms with Crippen LogP contribution in [0.3, 0.4) is 0 Å². The molecule has 23 heavy (non-hydrogen) atoms. The lowest BCUT2D eigenvalue weighted by atomic mass is 10.1. The van der Waals surface area contributed by atoms with Crippen LogP contribution in [0.2, 0.25) is 0 Å². The molecule has 118 valence electrons. The fraction of sp³-hybridized carbons (Fsp3) is 0.211. The molecule has 2 aromatic carbocycles. The summed E-state index contributed by atoms with van der Waals surface area (Å²) in [4.78, 5) is 14.3. The first-order valence-corrected chi connectivity index (χ1v) is 7.78. The molecule has 4 nitrogen and oxygen atoms in total. The number of hydrogen-bond donors (Lipinski definition) is 1. The van der Waals surface area contributed by atoms with E-state index in [-0.39, 0.29) is 5.78 Å². The lowest BCUT2D eigenvalue weighted by molar-refractivity contribution is 0.104. The summed E-state index contributed by atoms with van der Waals surface area (Å²) in [5, 5.41) is 3.13. The number of hydrogen-bond acceptors (Lipinski definition) is 4. The molecule has 1 fully saturated rings. The molecule has 4 heteroatoms. The Hall–Kier alpha value is -2.59. The fourth-order valence-corrected chi connectivity index (χ4v) is 2.50. The second-order valence-electron chi connectivity index (χ2n) is 5.35. The first-order chi connectivity index (χ1) is 11.3. The van der Waals surface area contributed by atoms with Gasteiger partial charge in [-0.25, -0.2) is 0 Å². The topological polar surface area (TPSA) is 41.6 Å². The normalized spacial score (nSPS) is 14.9. The highest BCUT2D eigenvalue weighted by atomic mass is 16.5. The van der Waals surface area contributed by atoms with Gasteiger partial charge in [-0.1, -0.05) is 30.3 Å². The number of benzene rings is 2. The molecule has 0 radical (unpaired) electrons. The van der Waals surface area contributed by atoms with Crippen LogP contribution in [0.25, 0.3) is 0 Å². The van der Waals surface area contributed by atoms with E-state index in [1.54, 1.807) is 12.3 Å². The van der Waals surface area contributed by atoms with Gasteiger partial charge in [-0.15, -0.1) is 0 Å². The van der Waals surface area contributed by atoms with E-state index in [0.717, 1.165) is 32.0 Å². The second-order valence-corrected chi connectivity index (χ2v) is 5.35. The van der Waals surface area contributed by atoms with Crippen LogP contribution in [-0.4, -0.2) is 32.1 Å². The number of carbonyl (C=O) groups is 1. The Bertz CT molecular complexity index is 660. The van der Waals surface area contributed by atoms with E-state index in [4.69, 9.17) is 4.74 Å². The van der Waals surface area contributed by atoms with Crippen molar-refractivity contribution in [2.45, 2.75) is 0 Å². The molecule has 0 aromatic heterocycles. The third kappa shape index (κ3) is 4.20. The molecule has 0 saturated carbocycles. The molecular formula is C19H20N2O2. The number of ketones is 1. The van der Waals surface area contributed by atoms with E-state index < -0.39 is 0 Å². The highest BCUT2D eigenvalue weighted by Gasteiger charge is 2.10. The van der Waals surface area contributed by atoms with Crippen LogP contribution in [-0.2, 0) is 4.74 Å². The molecule has 2 aromatic rings. The monoisotopic (exact) mass is 308 g/mol. The van der Waals surface area contributed by atoms with Gasteiger partial charge in [0.25, 0.3) is 0 Å². The van der Waals surface area contributed by atoms with E-state index in [2.05, 4.69) is 22.3 Å². The molecule has 0 unspecified atom stereocenters. The van der Waals surface area contributed by atoms with Crippen LogP contribution in [0, 0.1) is 0 Å². The number of rotatable bonds is 5. The van der Waals surface area contributed by atoms with E-state index in [9.17, 15) is 4.79 Å². The summed E-state index contributed by atoms with van der Waals surface area (Å²) in [5.74, 6) is -0.0111. The van der Waals surface area contributed by atoms with Crippen LogP contribution in [0.5, 0.6) is 0 Å². The molecule has 0 atom stereocenters.